The number of carbonyl (C=O) groups excluding carboxylic acids is 4. The highest BCUT2D eigenvalue weighted by molar-refractivity contribution is 5.96. The Hall–Kier alpha value is -4.72. The second kappa shape index (κ2) is 13.8. The molecule has 4 rings (SSSR count). The molecule has 4 amide bonds. The van der Waals surface area contributed by atoms with Crippen molar-refractivity contribution in [3.05, 3.63) is 72.1 Å². The van der Waals surface area contributed by atoms with Crippen LogP contribution >= 0.6 is 0 Å². The topological polar surface area (TPSA) is 234 Å². The van der Waals surface area contributed by atoms with E-state index in [0.29, 0.717) is 0 Å². The molecule has 4 aromatic rings. The van der Waals surface area contributed by atoms with Crippen LogP contribution in [0.4, 0.5) is 0 Å². The van der Waals surface area contributed by atoms with Crippen LogP contribution in [-0.4, -0.2) is 76.0 Å². The zero-order valence-electron chi connectivity index (χ0n) is 22.9. The van der Waals surface area contributed by atoms with Crippen LogP contribution in [0.1, 0.15) is 17.5 Å². The highest BCUT2D eigenvalue weighted by atomic mass is 16.3. The first-order valence-corrected chi connectivity index (χ1v) is 13.6. The van der Waals surface area contributed by atoms with Crippen molar-refractivity contribution in [1.82, 2.24) is 25.9 Å². The van der Waals surface area contributed by atoms with E-state index in [2.05, 4.69) is 25.9 Å². The first-order valence-electron chi connectivity index (χ1n) is 13.6. The molecule has 2 heterocycles. The van der Waals surface area contributed by atoms with Gasteiger partial charge in [-0.05, 0) is 36.2 Å². The molecule has 4 atom stereocenters. The lowest BCUT2D eigenvalue weighted by molar-refractivity contribution is -0.133. The molecule has 0 aliphatic carbocycles. The zero-order valence-corrected chi connectivity index (χ0v) is 22.9. The molecule has 2 aromatic heterocycles. The van der Waals surface area contributed by atoms with E-state index >= 15 is 0 Å². The maximum Gasteiger partial charge on any atom is 0.243 e. The molecule has 13 heteroatoms. The highest BCUT2D eigenvalue weighted by Crippen LogP contribution is 2.21. The molecule has 0 fully saturated rings. The Bertz CT molecular complexity index is 1560. The number of aromatic amines is 2. The fourth-order valence-corrected chi connectivity index (χ4v) is 4.80. The standard InChI is InChI=1S/C29H36N8O5/c30-10-9-20(31)27(40)35-23(11-16-13-33-21-7-3-1-5-18(16)21)28(41)36-24(29(42)37-25(15-38)26(32)39)12-17-14-34-22-8-4-2-6-19(17)22/h1-8,13-14,20,23-25,33-34,38H,9-12,15,30-31H2,(H2,32,39)(H,35,40)(H,36,41)(H,37,42)/t20-,23+,24+,25-/m0/s1. The lowest BCUT2D eigenvalue weighted by Crippen LogP contribution is -2.59. The summed E-state index contributed by atoms with van der Waals surface area (Å²) in [6.45, 7) is -0.528. The molecule has 2 aromatic carbocycles. The van der Waals surface area contributed by atoms with Crippen molar-refractivity contribution < 1.29 is 24.3 Å². The van der Waals surface area contributed by atoms with Crippen LogP contribution in [0.5, 0.6) is 0 Å². The van der Waals surface area contributed by atoms with E-state index in [1.807, 2.05) is 48.5 Å². The number of fused-ring (bicyclic) bond motifs is 2. The summed E-state index contributed by atoms with van der Waals surface area (Å²) >= 11 is 0. The van der Waals surface area contributed by atoms with Crippen LogP contribution in [-0.2, 0) is 32.0 Å². The molecule has 42 heavy (non-hydrogen) atoms. The summed E-state index contributed by atoms with van der Waals surface area (Å²) in [6, 6.07) is 10.4. The summed E-state index contributed by atoms with van der Waals surface area (Å²) < 4.78 is 0. The Labute approximate surface area is 241 Å². The first kappa shape index (κ1) is 30.2. The second-order valence-corrected chi connectivity index (χ2v) is 10.1. The number of para-hydroxylation sites is 2. The zero-order chi connectivity index (χ0) is 30.2. The number of nitrogens with one attached hydrogen (secondary N) is 5. The van der Waals surface area contributed by atoms with Crippen LogP contribution in [0.15, 0.2) is 60.9 Å². The molecule has 0 unspecified atom stereocenters. The Morgan fingerprint density at radius 1 is 0.738 bits per heavy atom. The second-order valence-electron chi connectivity index (χ2n) is 10.1. The van der Waals surface area contributed by atoms with Gasteiger partial charge in [0.1, 0.15) is 18.1 Å². The first-order chi connectivity index (χ1) is 20.2. The van der Waals surface area contributed by atoms with Gasteiger partial charge < -0.3 is 48.2 Å². The third-order valence-corrected chi connectivity index (χ3v) is 7.12. The van der Waals surface area contributed by atoms with Gasteiger partial charge in [0.15, 0.2) is 0 Å². The predicted molar refractivity (Wildman–Crippen MR) is 158 cm³/mol. The monoisotopic (exact) mass is 576 g/mol. The number of rotatable bonds is 14. The lowest BCUT2D eigenvalue weighted by atomic mass is 10.0. The summed E-state index contributed by atoms with van der Waals surface area (Å²) in [7, 11) is 0. The maximum atomic E-state index is 13.8. The molecule has 0 spiro atoms. The van der Waals surface area contributed by atoms with Crippen molar-refractivity contribution in [2.45, 2.75) is 43.4 Å². The number of hydrogen-bond acceptors (Lipinski definition) is 7. The van der Waals surface area contributed by atoms with E-state index in [-0.39, 0.29) is 25.8 Å². The summed E-state index contributed by atoms with van der Waals surface area (Å²) in [4.78, 5) is 58.0. The number of nitrogens with two attached hydrogens (primary N) is 3. The van der Waals surface area contributed by atoms with Crippen molar-refractivity contribution in [1.29, 1.82) is 0 Å². The minimum atomic E-state index is -1.35. The normalized spacial score (nSPS) is 14.2. The summed E-state index contributed by atoms with van der Waals surface area (Å²) in [5, 5.41) is 19.1. The van der Waals surface area contributed by atoms with Gasteiger partial charge in [-0.3, -0.25) is 19.2 Å². The summed E-state index contributed by atoms with van der Waals surface area (Å²) in [5.41, 5.74) is 20.0. The Morgan fingerprint density at radius 3 is 1.64 bits per heavy atom. The fourth-order valence-electron chi connectivity index (χ4n) is 4.80. The van der Waals surface area contributed by atoms with E-state index in [1.54, 1.807) is 12.4 Å². The molecule has 12 N–H and O–H groups in total. The van der Waals surface area contributed by atoms with Crippen LogP contribution < -0.4 is 33.2 Å². The van der Waals surface area contributed by atoms with Gasteiger partial charge in [-0.2, -0.15) is 0 Å². The van der Waals surface area contributed by atoms with Crippen LogP contribution in [0.25, 0.3) is 21.8 Å². The molecule has 0 aliphatic rings. The minimum absolute atomic E-state index is 0.0406. The predicted octanol–water partition coefficient (Wildman–Crippen LogP) is -0.957. The van der Waals surface area contributed by atoms with Gasteiger partial charge in [0.2, 0.25) is 23.6 Å². The third kappa shape index (κ3) is 7.13. The van der Waals surface area contributed by atoms with Gasteiger partial charge >= 0.3 is 0 Å². The van der Waals surface area contributed by atoms with Crippen LogP contribution in [0.3, 0.4) is 0 Å². The van der Waals surface area contributed by atoms with Gasteiger partial charge in [0.05, 0.1) is 12.6 Å². The highest BCUT2D eigenvalue weighted by Gasteiger charge is 2.31. The third-order valence-electron chi connectivity index (χ3n) is 7.12. The van der Waals surface area contributed by atoms with Crippen molar-refractivity contribution in [2.24, 2.45) is 17.2 Å². The Kier molecular flexibility index (Phi) is 9.91. The number of benzene rings is 2. The Balaban J connectivity index is 1.63. The van der Waals surface area contributed by atoms with Crippen molar-refractivity contribution in [3.8, 4) is 0 Å². The van der Waals surface area contributed by atoms with Crippen LogP contribution in [0.2, 0.25) is 0 Å². The van der Waals surface area contributed by atoms with E-state index in [4.69, 9.17) is 17.2 Å². The Morgan fingerprint density at radius 2 is 1.19 bits per heavy atom. The molecule has 0 radical (unpaired) electrons. The molecular weight excluding hydrogens is 540 g/mol. The number of H-pyrrole nitrogens is 2. The van der Waals surface area contributed by atoms with E-state index in [0.717, 1.165) is 32.9 Å². The quantitative estimate of drug-likeness (QED) is 0.0911. The average Bonchev–Trinajstić information content (AvgIpc) is 3.59. The molecule has 13 nitrogen and oxygen atoms in total. The van der Waals surface area contributed by atoms with Gasteiger partial charge in [-0.25, -0.2) is 0 Å². The smallest absolute Gasteiger partial charge is 0.243 e. The average molecular weight is 577 g/mol. The molecule has 222 valence electrons. The van der Waals surface area contributed by atoms with E-state index in [1.165, 1.54) is 0 Å². The largest absolute Gasteiger partial charge is 0.394 e. The number of aliphatic hydroxyl groups excluding tert-OH is 1. The SMILES string of the molecule is NCC[C@H](N)C(=O)N[C@H](Cc1c[nH]c2ccccc12)C(=O)N[C@H](Cc1c[nH]c2ccccc12)C(=O)N[C@@H](CO)C(N)=O. The van der Waals surface area contributed by atoms with Crippen molar-refractivity contribution in [2.75, 3.05) is 13.2 Å². The summed E-state index contributed by atoms with van der Waals surface area (Å²) in [5.74, 6) is -2.87. The lowest BCUT2D eigenvalue weighted by Gasteiger charge is -2.25. The number of amides is 4. The molecule has 0 saturated heterocycles. The number of aliphatic hydroxyl groups is 1. The van der Waals surface area contributed by atoms with Gasteiger partial charge in [0, 0.05) is 47.0 Å². The van der Waals surface area contributed by atoms with Gasteiger partial charge in [0.25, 0.3) is 0 Å². The molecule has 0 aliphatic heterocycles. The van der Waals surface area contributed by atoms with Crippen molar-refractivity contribution in [3.63, 3.8) is 0 Å². The van der Waals surface area contributed by atoms with Gasteiger partial charge in [-0.15, -0.1) is 0 Å². The molecular formula is C29H36N8O5. The number of carbonyl (C=O) groups is 4. The van der Waals surface area contributed by atoms with Gasteiger partial charge in [-0.1, -0.05) is 36.4 Å². The fraction of sp³-hybridized carbons (Fsp3) is 0.310. The minimum Gasteiger partial charge on any atom is -0.394 e. The number of hydrogen-bond donors (Lipinski definition) is 9. The van der Waals surface area contributed by atoms with E-state index < -0.39 is 54.4 Å². The number of aromatic nitrogens is 2. The van der Waals surface area contributed by atoms with Crippen LogP contribution in [0, 0.1) is 0 Å². The maximum absolute atomic E-state index is 13.8. The molecule has 0 bridgehead atoms. The molecule has 0 saturated carbocycles. The summed E-state index contributed by atoms with van der Waals surface area (Å²) in [6.07, 6.45) is 3.84. The van der Waals surface area contributed by atoms with E-state index in [9.17, 15) is 24.3 Å². The number of primary amides is 1. The van der Waals surface area contributed by atoms with Crippen molar-refractivity contribution >= 4 is 45.4 Å².